The van der Waals surface area contributed by atoms with Crippen LogP contribution in [-0.2, 0) is 0 Å². The van der Waals surface area contributed by atoms with Crippen LogP contribution in [0.15, 0.2) is 24.5 Å². The molecule has 3 N–H and O–H groups in total. The van der Waals surface area contributed by atoms with E-state index < -0.39 is 6.10 Å². The van der Waals surface area contributed by atoms with Crippen molar-refractivity contribution < 1.29 is 10.2 Å². The molecule has 0 aromatic carbocycles. The van der Waals surface area contributed by atoms with Crippen LogP contribution >= 0.6 is 0 Å². The molecule has 0 bridgehead atoms. The Balaban J connectivity index is 2.39. The highest BCUT2D eigenvalue weighted by Crippen LogP contribution is 2.09. The minimum absolute atomic E-state index is 0.130. The van der Waals surface area contributed by atoms with E-state index in [1.165, 1.54) is 0 Å². The third kappa shape index (κ3) is 3.41. The lowest BCUT2D eigenvalue weighted by Crippen LogP contribution is -2.31. The molecule has 0 aliphatic carbocycles. The van der Waals surface area contributed by atoms with Gasteiger partial charge in [-0.25, -0.2) is 0 Å². The van der Waals surface area contributed by atoms with Gasteiger partial charge in [0.15, 0.2) is 0 Å². The fourth-order valence-corrected chi connectivity index (χ4v) is 1.13. The summed E-state index contributed by atoms with van der Waals surface area (Å²) in [6, 6.07) is 3.97. The third-order valence-electron chi connectivity index (χ3n) is 2.05. The fraction of sp³-hybridized carbons (Fsp3) is 0.500. The molecule has 0 radical (unpaired) electrons. The number of aliphatic hydroxyl groups is 2. The average Bonchev–Trinajstić information content (AvgIpc) is 2.26. The average molecular weight is 196 g/mol. The lowest BCUT2D eigenvalue weighted by molar-refractivity contribution is 0.0924. The molecule has 0 aliphatic heterocycles. The number of pyridine rings is 1. The molecule has 1 heterocycles. The molecule has 78 valence electrons. The molecule has 0 fully saturated rings. The molecule has 0 amide bonds. The summed E-state index contributed by atoms with van der Waals surface area (Å²) in [7, 11) is 0. The van der Waals surface area contributed by atoms with Gasteiger partial charge in [0.1, 0.15) is 0 Å². The smallest absolute Gasteiger partial charge is 0.0895 e. The maximum Gasteiger partial charge on any atom is 0.0895 e. The van der Waals surface area contributed by atoms with E-state index in [1.807, 2.05) is 19.1 Å². The van der Waals surface area contributed by atoms with Gasteiger partial charge in [-0.15, -0.1) is 0 Å². The Morgan fingerprint density at radius 1 is 1.57 bits per heavy atom. The van der Waals surface area contributed by atoms with Crippen LogP contribution in [0.5, 0.6) is 0 Å². The maximum atomic E-state index is 9.13. The summed E-state index contributed by atoms with van der Waals surface area (Å²) >= 11 is 0. The summed E-state index contributed by atoms with van der Waals surface area (Å²) in [4.78, 5) is 4.00. The quantitative estimate of drug-likeness (QED) is 0.624. The van der Waals surface area contributed by atoms with E-state index in [9.17, 15) is 0 Å². The first-order chi connectivity index (χ1) is 6.74. The molecule has 1 aromatic rings. The zero-order valence-electron chi connectivity index (χ0n) is 8.22. The van der Waals surface area contributed by atoms with E-state index in [1.54, 1.807) is 12.4 Å². The van der Waals surface area contributed by atoms with Crippen LogP contribution < -0.4 is 5.32 Å². The zero-order valence-corrected chi connectivity index (χ0v) is 8.22. The fourth-order valence-electron chi connectivity index (χ4n) is 1.13. The van der Waals surface area contributed by atoms with Gasteiger partial charge in [0.2, 0.25) is 0 Å². The molecular formula is C10H16N2O2. The Morgan fingerprint density at radius 2 is 2.36 bits per heavy atom. The van der Waals surface area contributed by atoms with Gasteiger partial charge in [-0.2, -0.15) is 0 Å². The first kappa shape index (κ1) is 11.1. The lowest BCUT2D eigenvalue weighted by Gasteiger charge is -2.15. The summed E-state index contributed by atoms with van der Waals surface area (Å²) in [5, 5.41) is 20.8. The lowest BCUT2D eigenvalue weighted by atomic mass is 10.1. The van der Waals surface area contributed by atoms with Gasteiger partial charge in [-0.1, -0.05) is 6.07 Å². The van der Waals surface area contributed by atoms with Crippen LogP contribution in [0.3, 0.4) is 0 Å². The van der Waals surface area contributed by atoms with Crippen molar-refractivity contribution in [1.82, 2.24) is 10.3 Å². The van der Waals surface area contributed by atoms with E-state index in [0.29, 0.717) is 6.54 Å². The molecule has 0 aliphatic rings. The Labute approximate surface area is 83.6 Å². The van der Waals surface area contributed by atoms with E-state index in [-0.39, 0.29) is 12.6 Å². The highest BCUT2D eigenvalue weighted by molar-refractivity contribution is 5.12. The Bertz CT molecular complexity index is 254. The van der Waals surface area contributed by atoms with Gasteiger partial charge in [0.25, 0.3) is 0 Å². The zero-order chi connectivity index (χ0) is 10.4. The van der Waals surface area contributed by atoms with Crippen LogP contribution in [-0.4, -0.2) is 34.5 Å². The van der Waals surface area contributed by atoms with Crippen molar-refractivity contribution in [3.63, 3.8) is 0 Å². The summed E-state index contributed by atoms with van der Waals surface area (Å²) in [5.41, 5.74) is 1.07. The first-order valence-electron chi connectivity index (χ1n) is 4.66. The summed E-state index contributed by atoms with van der Waals surface area (Å²) in [6.45, 7) is 2.15. The second-order valence-electron chi connectivity index (χ2n) is 3.25. The van der Waals surface area contributed by atoms with E-state index >= 15 is 0 Å². The van der Waals surface area contributed by atoms with Crippen LogP contribution in [0.1, 0.15) is 18.5 Å². The summed E-state index contributed by atoms with van der Waals surface area (Å²) < 4.78 is 0. The molecule has 0 saturated heterocycles. The number of aliphatic hydroxyl groups excluding tert-OH is 2. The second-order valence-corrected chi connectivity index (χ2v) is 3.25. The van der Waals surface area contributed by atoms with Crippen molar-refractivity contribution in [2.24, 2.45) is 0 Å². The van der Waals surface area contributed by atoms with Crippen LogP contribution in [0.25, 0.3) is 0 Å². The van der Waals surface area contributed by atoms with E-state index in [4.69, 9.17) is 10.2 Å². The van der Waals surface area contributed by atoms with E-state index in [0.717, 1.165) is 5.56 Å². The van der Waals surface area contributed by atoms with Crippen molar-refractivity contribution in [3.05, 3.63) is 30.1 Å². The van der Waals surface area contributed by atoms with Gasteiger partial charge in [0, 0.05) is 25.0 Å². The number of aromatic nitrogens is 1. The maximum absolute atomic E-state index is 9.13. The number of nitrogens with one attached hydrogen (secondary N) is 1. The standard InChI is InChI=1S/C10H16N2O2/c1-8(12-6-10(14)7-13)9-3-2-4-11-5-9/h2-5,8,10,12-14H,6-7H2,1H3/t8-,10?/m0/s1. The molecule has 0 spiro atoms. The second kappa shape index (κ2) is 5.70. The van der Waals surface area contributed by atoms with Crippen molar-refractivity contribution in [3.8, 4) is 0 Å². The molecule has 1 rings (SSSR count). The number of nitrogens with zero attached hydrogens (tertiary/aromatic N) is 1. The van der Waals surface area contributed by atoms with Gasteiger partial charge in [-0.05, 0) is 18.6 Å². The van der Waals surface area contributed by atoms with Crippen molar-refractivity contribution >= 4 is 0 Å². The van der Waals surface area contributed by atoms with Crippen molar-refractivity contribution in [1.29, 1.82) is 0 Å². The first-order valence-corrected chi connectivity index (χ1v) is 4.66. The van der Waals surface area contributed by atoms with Crippen LogP contribution in [0.4, 0.5) is 0 Å². The third-order valence-corrected chi connectivity index (χ3v) is 2.05. The SMILES string of the molecule is C[C@H](NCC(O)CO)c1cccnc1. The molecule has 14 heavy (non-hydrogen) atoms. The van der Waals surface area contributed by atoms with Crippen LogP contribution in [0, 0.1) is 0 Å². The number of hydrogen-bond acceptors (Lipinski definition) is 4. The predicted molar refractivity (Wildman–Crippen MR) is 53.7 cm³/mol. The van der Waals surface area contributed by atoms with Gasteiger partial charge < -0.3 is 15.5 Å². The summed E-state index contributed by atoms with van der Waals surface area (Å²) in [6.07, 6.45) is 2.80. The van der Waals surface area contributed by atoms with Gasteiger partial charge in [-0.3, -0.25) is 4.98 Å². The van der Waals surface area contributed by atoms with Crippen molar-refractivity contribution in [2.75, 3.05) is 13.2 Å². The topological polar surface area (TPSA) is 65.4 Å². The molecule has 1 unspecified atom stereocenters. The van der Waals surface area contributed by atoms with Gasteiger partial charge >= 0.3 is 0 Å². The highest BCUT2D eigenvalue weighted by Gasteiger charge is 2.07. The predicted octanol–water partition coefficient (Wildman–Crippen LogP) is 0.0854. The molecule has 1 aromatic heterocycles. The number of rotatable bonds is 5. The Hall–Kier alpha value is -0.970. The molecule has 2 atom stereocenters. The highest BCUT2D eigenvalue weighted by atomic mass is 16.3. The largest absolute Gasteiger partial charge is 0.394 e. The van der Waals surface area contributed by atoms with Crippen LogP contribution in [0.2, 0.25) is 0 Å². The number of hydrogen-bond donors (Lipinski definition) is 3. The molecule has 0 saturated carbocycles. The van der Waals surface area contributed by atoms with Gasteiger partial charge in [0.05, 0.1) is 12.7 Å². The van der Waals surface area contributed by atoms with Crippen molar-refractivity contribution in [2.45, 2.75) is 19.1 Å². The normalized spacial score (nSPS) is 15.1. The minimum atomic E-state index is -0.700. The molecular weight excluding hydrogens is 180 g/mol. The molecule has 4 heteroatoms. The molecule has 4 nitrogen and oxygen atoms in total. The summed E-state index contributed by atoms with van der Waals surface area (Å²) in [5.74, 6) is 0. The minimum Gasteiger partial charge on any atom is -0.394 e. The Kier molecular flexibility index (Phi) is 4.52. The van der Waals surface area contributed by atoms with E-state index in [2.05, 4.69) is 10.3 Å². The monoisotopic (exact) mass is 196 g/mol. The Morgan fingerprint density at radius 3 is 2.93 bits per heavy atom.